The average Bonchev–Trinajstić information content (AvgIpc) is 2.94. The van der Waals surface area contributed by atoms with Crippen molar-refractivity contribution in [2.24, 2.45) is 0 Å². The summed E-state index contributed by atoms with van der Waals surface area (Å²) in [5, 5.41) is 20.6. The molecular weight excluding hydrogens is 340 g/mol. The fourth-order valence-electron chi connectivity index (χ4n) is 3.00. The molecule has 0 saturated heterocycles. The highest BCUT2D eigenvalue weighted by atomic mass is 16.6. The smallest absolute Gasteiger partial charge is 0.270 e. The molecule has 6 heteroatoms. The third-order valence-electron chi connectivity index (χ3n) is 4.38. The van der Waals surface area contributed by atoms with Crippen molar-refractivity contribution in [2.45, 2.75) is 20.8 Å². The van der Waals surface area contributed by atoms with Gasteiger partial charge >= 0.3 is 0 Å². The van der Waals surface area contributed by atoms with E-state index in [1.165, 1.54) is 12.1 Å². The highest BCUT2D eigenvalue weighted by molar-refractivity contribution is 5.90. The zero-order valence-electron chi connectivity index (χ0n) is 15.3. The summed E-state index contributed by atoms with van der Waals surface area (Å²) in [6.45, 7) is 5.92. The number of nitro benzene ring substituents is 1. The standard InChI is InChI=1S/C21H18N4O2/c1-14-7-8-21(23-13-14)24-15(2)9-18(16(24)3)10-19(12-22)17-5-4-6-20(11-17)25(26)27/h4-11,13H,1-3H3/b19-10+. The van der Waals surface area contributed by atoms with Gasteiger partial charge in [0.2, 0.25) is 0 Å². The van der Waals surface area contributed by atoms with Gasteiger partial charge in [-0.3, -0.25) is 10.1 Å². The van der Waals surface area contributed by atoms with E-state index in [2.05, 4.69) is 11.1 Å². The van der Waals surface area contributed by atoms with Crippen LogP contribution in [-0.2, 0) is 0 Å². The molecule has 0 unspecified atom stereocenters. The third kappa shape index (κ3) is 3.62. The first-order valence-electron chi connectivity index (χ1n) is 8.39. The molecular formula is C21H18N4O2. The van der Waals surface area contributed by atoms with Crippen LogP contribution in [0.4, 0.5) is 5.69 Å². The van der Waals surface area contributed by atoms with Crippen LogP contribution in [0.3, 0.4) is 0 Å². The van der Waals surface area contributed by atoms with E-state index in [-0.39, 0.29) is 5.69 Å². The second-order valence-corrected chi connectivity index (χ2v) is 6.33. The Morgan fingerprint density at radius 1 is 1.22 bits per heavy atom. The van der Waals surface area contributed by atoms with Crippen LogP contribution in [0.25, 0.3) is 17.5 Å². The largest absolute Gasteiger partial charge is 0.303 e. The number of pyridine rings is 1. The van der Waals surface area contributed by atoms with Gasteiger partial charge in [-0.15, -0.1) is 0 Å². The Bertz CT molecular complexity index is 1090. The number of hydrogen-bond donors (Lipinski definition) is 0. The van der Waals surface area contributed by atoms with Crippen molar-refractivity contribution in [3.8, 4) is 11.9 Å². The molecule has 0 saturated carbocycles. The molecule has 0 aliphatic rings. The van der Waals surface area contributed by atoms with Crippen LogP contribution >= 0.6 is 0 Å². The van der Waals surface area contributed by atoms with Crippen LogP contribution in [0.15, 0.2) is 48.7 Å². The Kier molecular flexibility index (Phi) is 4.86. The topological polar surface area (TPSA) is 84.8 Å². The maximum Gasteiger partial charge on any atom is 0.270 e. The van der Waals surface area contributed by atoms with Gasteiger partial charge < -0.3 is 4.57 Å². The Hall–Kier alpha value is -3.72. The first-order chi connectivity index (χ1) is 12.9. The van der Waals surface area contributed by atoms with E-state index in [1.807, 2.05) is 49.7 Å². The minimum atomic E-state index is -0.465. The van der Waals surface area contributed by atoms with Gasteiger partial charge in [-0.1, -0.05) is 18.2 Å². The van der Waals surface area contributed by atoms with Crippen molar-refractivity contribution in [1.29, 1.82) is 5.26 Å². The predicted octanol–water partition coefficient (Wildman–Crippen LogP) is 4.77. The molecule has 2 aromatic heterocycles. The third-order valence-corrected chi connectivity index (χ3v) is 4.38. The number of benzene rings is 1. The van der Waals surface area contributed by atoms with E-state index in [9.17, 15) is 15.4 Å². The highest BCUT2D eigenvalue weighted by Gasteiger charge is 2.13. The monoisotopic (exact) mass is 358 g/mol. The predicted molar refractivity (Wildman–Crippen MR) is 104 cm³/mol. The van der Waals surface area contributed by atoms with Crippen molar-refractivity contribution < 1.29 is 4.92 Å². The molecule has 3 rings (SSSR count). The van der Waals surface area contributed by atoms with Crippen LogP contribution in [0.5, 0.6) is 0 Å². The van der Waals surface area contributed by atoms with Crippen molar-refractivity contribution in [1.82, 2.24) is 9.55 Å². The second-order valence-electron chi connectivity index (χ2n) is 6.33. The molecule has 6 nitrogen and oxygen atoms in total. The zero-order chi connectivity index (χ0) is 19.6. The molecule has 0 atom stereocenters. The molecule has 0 fully saturated rings. The number of allylic oxidation sites excluding steroid dienone is 1. The lowest BCUT2D eigenvalue weighted by molar-refractivity contribution is -0.384. The zero-order valence-corrected chi connectivity index (χ0v) is 15.3. The van der Waals surface area contributed by atoms with Gasteiger partial charge in [0.05, 0.1) is 16.6 Å². The number of nitriles is 1. The van der Waals surface area contributed by atoms with Gasteiger partial charge in [-0.2, -0.15) is 5.26 Å². The molecule has 1 aromatic carbocycles. The molecule has 27 heavy (non-hydrogen) atoms. The first-order valence-corrected chi connectivity index (χ1v) is 8.39. The van der Waals surface area contributed by atoms with Crippen molar-refractivity contribution in [3.63, 3.8) is 0 Å². The summed E-state index contributed by atoms with van der Waals surface area (Å²) in [6.07, 6.45) is 3.57. The van der Waals surface area contributed by atoms with Crippen LogP contribution in [0.2, 0.25) is 0 Å². The van der Waals surface area contributed by atoms with Crippen LogP contribution < -0.4 is 0 Å². The molecule has 0 spiro atoms. The molecule has 3 aromatic rings. The lowest BCUT2D eigenvalue weighted by Gasteiger charge is -2.08. The molecule has 0 bridgehead atoms. The van der Waals surface area contributed by atoms with Crippen molar-refractivity contribution in [2.75, 3.05) is 0 Å². The van der Waals surface area contributed by atoms with E-state index >= 15 is 0 Å². The SMILES string of the molecule is Cc1ccc(-n2c(C)cc(/C=C(\C#N)c3cccc([N+](=O)[O-])c3)c2C)nc1. The summed E-state index contributed by atoms with van der Waals surface area (Å²) in [7, 11) is 0. The summed E-state index contributed by atoms with van der Waals surface area (Å²) in [5.41, 5.74) is 4.74. The van der Waals surface area contributed by atoms with Crippen LogP contribution in [0.1, 0.15) is 28.1 Å². The normalized spacial score (nSPS) is 11.3. The molecule has 0 amide bonds. The number of nitrogens with zero attached hydrogens (tertiary/aromatic N) is 4. The van der Waals surface area contributed by atoms with Crippen LogP contribution in [-0.4, -0.2) is 14.5 Å². The van der Waals surface area contributed by atoms with Gasteiger partial charge in [0.15, 0.2) is 0 Å². The summed E-state index contributed by atoms with van der Waals surface area (Å²) in [4.78, 5) is 15.0. The summed E-state index contributed by atoms with van der Waals surface area (Å²) < 4.78 is 2.02. The molecule has 134 valence electrons. The van der Waals surface area contributed by atoms with Crippen molar-refractivity contribution >= 4 is 17.3 Å². The van der Waals surface area contributed by atoms with E-state index in [4.69, 9.17) is 0 Å². The molecule has 0 N–H and O–H groups in total. The maximum atomic E-state index is 11.0. The van der Waals surface area contributed by atoms with Gasteiger partial charge in [0.25, 0.3) is 5.69 Å². The van der Waals surface area contributed by atoms with E-state index < -0.39 is 4.92 Å². The Morgan fingerprint density at radius 2 is 2.00 bits per heavy atom. The lowest BCUT2D eigenvalue weighted by Crippen LogP contribution is -2.01. The number of nitro groups is 1. The second kappa shape index (κ2) is 7.26. The molecule has 0 aliphatic heterocycles. The molecule has 2 heterocycles. The number of hydrogen-bond acceptors (Lipinski definition) is 4. The fraction of sp³-hybridized carbons (Fsp3) is 0.143. The summed E-state index contributed by atoms with van der Waals surface area (Å²) in [6, 6.07) is 14.2. The van der Waals surface area contributed by atoms with Gasteiger partial charge in [0, 0.05) is 29.7 Å². The Balaban J connectivity index is 2.07. The minimum Gasteiger partial charge on any atom is -0.303 e. The Morgan fingerprint density at radius 3 is 2.63 bits per heavy atom. The quantitative estimate of drug-likeness (QED) is 0.382. The Labute approximate surface area is 157 Å². The van der Waals surface area contributed by atoms with E-state index in [0.29, 0.717) is 11.1 Å². The van der Waals surface area contributed by atoms with Crippen LogP contribution in [0, 0.1) is 42.2 Å². The number of aryl methyl sites for hydroxylation is 2. The highest BCUT2D eigenvalue weighted by Crippen LogP contribution is 2.26. The number of non-ortho nitro benzene ring substituents is 1. The number of rotatable bonds is 4. The van der Waals surface area contributed by atoms with E-state index in [0.717, 1.165) is 28.3 Å². The minimum absolute atomic E-state index is 0.0389. The molecule has 0 aliphatic carbocycles. The summed E-state index contributed by atoms with van der Waals surface area (Å²) in [5.74, 6) is 0.809. The average molecular weight is 358 g/mol. The van der Waals surface area contributed by atoms with E-state index in [1.54, 1.807) is 18.2 Å². The van der Waals surface area contributed by atoms with Gasteiger partial charge in [0.1, 0.15) is 5.82 Å². The maximum absolute atomic E-state index is 11.0. The van der Waals surface area contributed by atoms with Crippen molar-refractivity contribution in [3.05, 3.63) is 86.9 Å². The first kappa shape index (κ1) is 18.1. The summed E-state index contributed by atoms with van der Waals surface area (Å²) >= 11 is 0. The number of aromatic nitrogens is 2. The molecule has 0 radical (unpaired) electrons. The lowest BCUT2D eigenvalue weighted by atomic mass is 10.0. The fourth-order valence-corrected chi connectivity index (χ4v) is 3.00. The van der Waals surface area contributed by atoms with Gasteiger partial charge in [-0.25, -0.2) is 4.98 Å². The van der Waals surface area contributed by atoms with Gasteiger partial charge in [-0.05, 0) is 55.7 Å².